The lowest BCUT2D eigenvalue weighted by Gasteiger charge is -2.09. The molecular formula is C5H11NO2. The van der Waals surface area contributed by atoms with E-state index in [1.807, 2.05) is 11.9 Å². The zero-order chi connectivity index (χ0) is 5.82. The van der Waals surface area contributed by atoms with Gasteiger partial charge in [-0.05, 0) is 7.05 Å². The van der Waals surface area contributed by atoms with E-state index in [1.165, 1.54) is 0 Å². The Hall–Kier alpha value is -0.120. The second-order valence-corrected chi connectivity index (χ2v) is 1.93. The molecule has 1 rings (SSSR count). The standard InChI is InChI=1S/C5H11NO2/c1-6-4-7-2-3-8-5-6/h2-5H2,1H3. The summed E-state index contributed by atoms with van der Waals surface area (Å²) in [7, 11) is 1.96. The van der Waals surface area contributed by atoms with E-state index in [-0.39, 0.29) is 0 Å². The van der Waals surface area contributed by atoms with Gasteiger partial charge in [0.1, 0.15) is 13.5 Å². The van der Waals surface area contributed by atoms with Gasteiger partial charge in [-0.2, -0.15) is 0 Å². The highest BCUT2D eigenvalue weighted by molar-refractivity contribution is 4.38. The van der Waals surface area contributed by atoms with E-state index < -0.39 is 0 Å². The highest BCUT2D eigenvalue weighted by atomic mass is 16.6. The first kappa shape index (κ1) is 6.01. The fourth-order valence-corrected chi connectivity index (χ4v) is 0.596. The predicted octanol–water partition coefficient (Wildman–Crippen LogP) is -0.120. The summed E-state index contributed by atoms with van der Waals surface area (Å²) >= 11 is 0. The lowest BCUT2D eigenvalue weighted by molar-refractivity contribution is 0.0474. The summed E-state index contributed by atoms with van der Waals surface area (Å²) in [4.78, 5) is 1.98. The first-order valence-corrected chi connectivity index (χ1v) is 2.73. The highest BCUT2D eigenvalue weighted by Crippen LogP contribution is 1.90. The van der Waals surface area contributed by atoms with Crippen LogP contribution in [0.4, 0.5) is 0 Å². The molecule has 0 aromatic rings. The number of hydrogen-bond donors (Lipinski definition) is 0. The zero-order valence-electron chi connectivity index (χ0n) is 5.09. The molecule has 0 bridgehead atoms. The molecule has 8 heavy (non-hydrogen) atoms. The van der Waals surface area contributed by atoms with Gasteiger partial charge in [0.05, 0.1) is 13.2 Å². The minimum atomic E-state index is 0.694. The summed E-state index contributed by atoms with van der Waals surface area (Å²) in [5.41, 5.74) is 0. The quantitative estimate of drug-likeness (QED) is 0.441. The van der Waals surface area contributed by atoms with Gasteiger partial charge >= 0.3 is 0 Å². The molecule has 0 saturated carbocycles. The second kappa shape index (κ2) is 3.02. The molecule has 0 atom stereocenters. The molecule has 1 saturated heterocycles. The largest absolute Gasteiger partial charge is 0.364 e. The van der Waals surface area contributed by atoms with Crippen molar-refractivity contribution in [2.45, 2.75) is 0 Å². The monoisotopic (exact) mass is 117 g/mol. The Balaban J connectivity index is 2.17. The Kier molecular flexibility index (Phi) is 2.27. The van der Waals surface area contributed by atoms with E-state index in [0.29, 0.717) is 13.5 Å². The summed E-state index contributed by atoms with van der Waals surface area (Å²) in [5, 5.41) is 0. The molecule has 1 aliphatic heterocycles. The van der Waals surface area contributed by atoms with Crippen molar-refractivity contribution in [2.24, 2.45) is 0 Å². The summed E-state index contributed by atoms with van der Waals surface area (Å²) in [5.74, 6) is 0. The SMILES string of the molecule is CN1COCCOC1. The van der Waals surface area contributed by atoms with Gasteiger partial charge in [0, 0.05) is 0 Å². The van der Waals surface area contributed by atoms with Crippen molar-refractivity contribution in [1.82, 2.24) is 4.90 Å². The maximum absolute atomic E-state index is 5.11. The molecule has 0 aromatic carbocycles. The van der Waals surface area contributed by atoms with Crippen molar-refractivity contribution < 1.29 is 9.47 Å². The van der Waals surface area contributed by atoms with E-state index in [1.54, 1.807) is 0 Å². The van der Waals surface area contributed by atoms with Crippen molar-refractivity contribution in [3.8, 4) is 0 Å². The Morgan fingerprint density at radius 1 is 1.12 bits per heavy atom. The summed E-state index contributed by atoms with van der Waals surface area (Å²) < 4.78 is 10.2. The van der Waals surface area contributed by atoms with Crippen LogP contribution in [0.5, 0.6) is 0 Å². The molecule has 1 fully saturated rings. The molecule has 1 heterocycles. The van der Waals surface area contributed by atoms with E-state index in [0.717, 1.165) is 13.2 Å². The molecule has 0 radical (unpaired) electrons. The van der Waals surface area contributed by atoms with Crippen LogP contribution in [0.3, 0.4) is 0 Å². The molecule has 0 unspecified atom stereocenters. The van der Waals surface area contributed by atoms with Crippen LogP contribution in [-0.4, -0.2) is 38.6 Å². The normalized spacial score (nSPS) is 25.1. The Labute approximate surface area is 49.2 Å². The summed E-state index contributed by atoms with van der Waals surface area (Å²) in [6, 6.07) is 0. The fraction of sp³-hybridized carbons (Fsp3) is 1.00. The van der Waals surface area contributed by atoms with Crippen molar-refractivity contribution in [1.29, 1.82) is 0 Å². The van der Waals surface area contributed by atoms with Gasteiger partial charge in [0.15, 0.2) is 0 Å². The number of hydrogen-bond acceptors (Lipinski definition) is 3. The maximum atomic E-state index is 5.11. The third-order valence-electron chi connectivity index (χ3n) is 0.995. The Morgan fingerprint density at radius 2 is 1.62 bits per heavy atom. The van der Waals surface area contributed by atoms with Gasteiger partial charge in [-0.25, -0.2) is 0 Å². The van der Waals surface area contributed by atoms with Crippen LogP contribution in [0.15, 0.2) is 0 Å². The molecule has 3 nitrogen and oxygen atoms in total. The third kappa shape index (κ3) is 1.78. The molecule has 0 spiro atoms. The number of nitrogens with zero attached hydrogens (tertiary/aromatic N) is 1. The molecule has 1 aliphatic rings. The van der Waals surface area contributed by atoms with Crippen LogP contribution in [-0.2, 0) is 9.47 Å². The summed E-state index contributed by atoms with van der Waals surface area (Å²) in [6.07, 6.45) is 0. The van der Waals surface area contributed by atoms with Crippen LogP contribution in [0.2, 0.25) is 0 Å². The van der Waals surface area contributed by atoms with Gasteiger partial charge in [-0.1, -0.05) is 0 Å². The van der Waals surface area contributed by atoms with Crippen LogP contribution in [0, 0.1) is 0 Å². The van der Waals surface area contributed by atoms with Crippen LogP contribution >= 0.6 is 0 Å². The number of rotatable bonds is 0. The van der Waals surface area contributed by atoms with Crippen molar-refractivity contribution >= 4 is 0 Å². The zero-order valence-corrected chi connectivity index (χ0v) is 5.09. The fourth-order valence-electron chi connectivity index (χ4n) is 0.596. The Bertz CT molecular complexity index is 59.4. The first-order valence-electron chi connectivity index (χ1n) is 2.73. The second-order valence-electron chi connectivity index (χ2n) is 1.93. The average Bonchev–Trinajstić information content (AvgIpc) is 1.94. The highest BCUT2D eigenvalue weighted by Gasteiger charge is 2.01. The van der Waals surface area contributed by atoms with Gasteiger partial charge < -0.3 is 9.47 Å². The molecule has 0 N–H and O–H groups in total. The van der Waals surface area contributed by atoms with E-state index in [9.17, 15) is 0 Å². The molecule has 48 valence electrons. The molecule has 0 amide bonds. The van der Waals surface area contributed by atoms with E-state index in [2.05, 4.69) is 0 Å². The van der Waals surface area contributed by atoms with Gasteiger partial charge in [0.25, 0.3) is 0 Å². The van der Waals surface area contributed by atoms with E-state index in [4.69, 9.17) is 9.47 Å². The molecular weight excluding hydrogens is 106 g/mol. The van der Waals surface area contributed by atoms with Gasteiger partial charge in [-0.3, -0.25) is 4.90 Å². The first-order chi connectivity index (χ1) is 3.89. The lowest BCUT2D eigenvalue weighted by atomic mass is 10.8. The van der Waals surface area contributed by atoms with Crippen LogP contribution in [0.25, 0.3) is 0 Å². The third-order valence-corrected chi connectivity index (χ3v) is 0.995. The molecule has 0 aliphatic carbocycles. The predicted molar refractivity (Wildman–Crippen MR) is 29.4 cm³/mol. The maximum Gasteiger partial charge on any atom is 0.101 e. The van der Waals surface area contributed by atoms with Crippen molar-refractivity contribution in [3.05, 3.63) is 0 Å². The average molecular weight is 117 g/mol. The summed E-state index contributed by atoms with van der Waals surface area (Å²) in [6.45, 7) is 2.84. The molecule has 0 aromatic heterocycles. The minimum absolute atomic E-state index is 0.694. The van der Waals surface area contributed by atoms with Crippen molar-refractivity contribution in [2.75, 3.05) is 33.7 Å². The van der Waals surface area contributed by atoms with Gasteiger partial charge in [-0.15, -0.1) is 0 Å². The lowest BCUT2D eigenvalue weighted by Crippen LogP contribution is -2.20. The minimum Gasteiger partial charge on any atom is -0.364 e. The van der Waals surface area contributed by atoms with Crippen molar-refractivity contribution in [3.63, 3.8) is 0 Å². The van der Waals surface area contributed by atoms with Crippen LogP contribution < -0.4 is 0 Å². The van der Waals surface area contributed by atoms with E-state index >= 15 is 0 Å². The topological polar surface area (TPSA) is 21.7 Å². The molecule has 3 heteroatoms. The smallest absolute Gasteiger partial charge is 0.101 e. The Morgan fingerprint density at radius 3 is 2.12 bits per heavy atom. The number of ether oxygens (including phenoxy) is 2. The van der Waals surface area contributed by atoms with Gasteiger partial charge in [0.2, 0.25) is 0 Å². The van der Waals surface area contributed by atoms with Crippen LogP contribution in [0.1, 0.15) is 0 Å².